The van der Waals surface area contributed by atoms with Crippen LogP contribution < -0.4 is 0 Å². The summed E-state index contributed by atoms with van der Waals surface area (Å²) in [6, 6.07) is 5.90. The van der Waals surface area contributed by atoms with Crippen LogP contribution in [0.25, 0.3) is 0 Å². The van der Waals surface area contributed by atoms with Crippen LogP contribution in [0.2, 0.25) is 0 Å². The summed E-state index contributed by atoms with van der Waals surface area (Å²) < 4.78 is 0.919. The fourth-order valence-electron chi connectivity index (χ4n) is 1.65. The Morgan fingerprint density at radius 2 is 2.06 bits per heavy atom. The molecule has 0 saturated heterocycles. The Hall–Kier alpha value is -0.630. The van der Waals surface area contributed by atoms with E-state index in [2.05, 4.69) is 29.8 Å². The maximum absolute atomic E-state index is 11.9. The van der Waals surface area contributed by atoms with Crippen LogP contribution in [0, 0.1) is 12.8 Å². The van der Waals surface area contributed by atoms with E-state index < -0.39 is 0 Å². The molecule has 0 aliphatic heterocycles. The summed E-state index contributed by atoms with van der Waals surface area (Å²) in [5.41, 5.74) is 1.99. The average molecular weight is 283 g/mol. The fraction of sp³-hybridized carbons (Fsp3) is 0.500. The maximum Gasteiger partial charge on any atom is 0.164 e. The first-order valence-electron chi connectivity index (χ1n) is 5.80. The van der Waals surface area contributed by atoms with Crippen molar-refractivity contribution in [3.8, 4) is 0 Å². The molecule has 0 heterocycles. The molecule has 0 aliphatic carbocycles. The Bertz CT molecular complexity index is 369. The number of carbonyl (C=O) groups is 1. The van der Waals surface area contributed by atoms with E-state index >= 15 is 0 Å². The molecule has 0 amide bonds. The highest BCUT2D eigenvalue weighted by atomic mass is 79.9. The Labute approximate surface area is 106 Å². The topological polar surface area (TPSA) is 17.1 Å². The number of rotatable bonds is 5. The molecule has 1 aromatic rings. The standard InChI is InChI=1S/C14H19BrO/c1-10(2)5-4-6-14(16)12-8-7-11(3)9-13(12)15/h7-10H,4-6H2,1-3H3. The van der Waals surface area contributed by atoms with Gasteiger partial charge in [-0.25, -0.2) is 0 Å². The van der Waals surface area contributed by atoms with Crippen molar-refractivity contribution in [1.82, 2.24) is 0 Å². The predicted molar refractivity (Wildman–Crippen MR) is 71.9 cm³/mol. The lowest BCUT2D eigenvalue weighted by Crippen LogP contribution is -2.01. The second-order valence-corrected chi connectivity index (χ2v) is 5.55. The van der Waals surface area contributed by atoms with E-state index in [0.29, 0.717) is 12.3 Å². The van der Waals surface area contributed by atoms with E-state index in [1.807, 2.05) is 25.1 Å². The van der Waals surface area contributed by atoms with Crippen LogP contribution in [0.3, 0.4) is 0 Å². The number of aryl methyl sites for hydroxylation is 1. The first-order valence-corrected chi connectivity index (χ1v) is 6.59. The third kappa shape index (κ3) is 4.09. The summed E-state index contributed by atoms with van der Waals surface area (Å²) in [6.07, 6.45) is 2.76. The number of benzene rings is 1. The monoisotopic (exact) mass is 282 g/mol. The van der Waals surface area contributed by atoms with Crippen LogP contribution in [-0.2, 0) is 0 Å². The highest BCUT2D eigenvalue weighted by molar-refractivity contribution is 9.10. The molecule has 88 valence electrons. The third-order valence-corrected chi connectivity index (χ3v) is 3.27. The highest BCUT2D eigenvalue weighted by Gasteiger charge is 2.09. The van der Waals surface area contributed by atoms with Crippen molar-refractivity contribution >= 4 is 21.7 Å². The van der Waals surface area contributed by atoms with E-state index in [1.165, 1.54) is 5.56 Å². The average Bonchev–Trinajstić information content (AvgIpc) is 2.16. The smallest absolute Gasteiger partial charge is 0.164 e. The summed E-state index contributed by atoms with van der Waals surface area (Å²) in [5.74, 6) is 0.918. The molecule has 0 aliphatic rings. The van der Waals surface area contributed by atoms with Crippen molar-refractivity contribution in [3.05, 3.63) is 33.8 Å². The van der Waals surface area contributed by atoms with Crippen LogP contribution in [0.5, 0.6) is 0 Å². The molecule has 1 rings (SSSR count). The molecule has 0 aromatic heterocycles. The predicted octanol–water partition coefficient (Wildman–Crippen LogP) is 4.77. The third-order valence-electron chi connectivity index (χ3n) is 2.61. The molecule has 1 nitrogen and oxygen atoms in total. The molecule has 0 spiro atoms. The molecule has 0 N–H and O–H groups in total. The van der Waals surface area contributed by atoms with Gasteiger partial charge in [-0.3, -0.25) is 4.79 Å². The van der Waals surface area contributed by atoms with Crippen molar-refractivity contribution in [2.45, 2.75) is 40.0 Å². The van der Waals surface area contributed by atoms with Crippen LogP contribution in [0.1, 0.15) is 49.0 Å². The fourth-order valence-corrected chi connectivity index (χ4v) is 2.37. The largest absolute Gasteiger partial charge is 0.294 e. The lowest BCUT2D eigenvalue weighted by Gasteiger charge is -2.06. The van der Waals surface area contributed by atoms with E-state index in [-0.39, 0.29) is 5.78 Å². The lowest BCUT2D eigenvalue weighted by atomic mass is 10.0. The Balaban J connectivity index is 2.59. The van der Waals surface area contributed by atoms with Crippen molar-refractivity contribution < 1.29 is 4.79 Å². The second-order valence-electron chi connectivity index (χ2n) is 4.69. The summed E-state index contributed by atoms with van der Waals surface area (Å²) in [4.78, 5) is 11.9. The quantitative estimate of drug-likeness (QED) is 0.711. The van der Waals surface area contributed by atoms with E-state index in [4.69, 9.17) is 0 Å². The van der Waals surface area contributed by atoms with Gasteiger partial charge in [0.15, 0.2) is 5.78 Å². The van der Waals surface area contributed by atoms with Gasteiger partial charge in [-0.1, -0.05) is 48.3 Å². The number of Topliss-reactive ketones (excluding diaryl/α,β-unsaturated/α-hetero) is 1. The molecule has 2 heteroatoms. The van der Waals surface area contributed by atoms with Crippen molar-refractivity contribution in [2.75, 3.05) is 0 Å². The van der Waals surface area contributed by atoms with Crippen molar-refractivity contribution in [3.63, 3.8) is 0 Å². The molecule has 0 bridgehead atoms. The molecule has 0 unspecified atom stereocenters. The van der Waals surface area contributed by atoms with Crippen LogP contribution in [0.15, 0.2) is 22.7 Å². The molecule has 16 heavy (non-hydrogen) atoms. The van der Waals surface area contributed by atoms with Gasteiger partial charge in [0, 0.05) is 16.5 Å². The zero-order valence-corrected chi connectivity index (χ0v) is 11.8. The maximum atomic E-state index is 11.9. The number of halogens is 1. The van der Waals surface area contributed by atoms with Gasteiger partial charge in [-0.05, 0) is 30.9 Å². The van der Waals surface area contributed by atoms with E-state index in [1.54, 1.807) is 0 Å². The molecule has 1 aromatic carbocycles. The van der Waals surface area contributed by atoms with Gasteiger partial charge < -0.3 is 0 Å². The summed E-state index contributed by atoms with van der Waals surface area (Å²) in [6.45, 7) is 6.40. The number of hydrogen-bond donors (Lipinski definition) is 0. The van der Waals surface area contributed by atoms with Crippen molar-refractivity contribution in [2.24, 2.45) is 5.92 Å². The molecular weight excluding hydrogens is 264 g/mol. The van der Waals surface area contributed by atoms with Gasteiger partial charge in [0.2, 0.25) is 0 Å². The van der Waals surface area contributed by atoms with Gasteiger partial charge in [-0.15, -0.1) is 0 Å². The van der Waals surface area contributed by atoms with Crippen LogP contribution in [0.4, 0.5) is 0 Å². The minimum atomic E-state index is 0.243. The van der Waals surface area contributed by atoms with Gasteiger partial charge in [0.05, 0.1) is 0 Å². The van der Waals surface area contributed by atoms with E-state index in [9.17, 15) is 4.79 Å². The molecule has 0 atom stereocenters. The first kappa shape index (κ1) is 13.4. The SMILES string of the molecule is Cc1ccc(C(=O)CCCC(C)C)c(Br)c1. The molecule has 0 radical (unpaired) electrons. The highest BCUT2D eigenvalue weighted by Crippen LogP contribution is 2.21. The number of carbonyl (C=O) groups excluding carboxylic acids is 1. The van der Waals surface area contributed by atoms with Gasteiger partial charge in [-0.2, -0.15) is 0 Å². The summed E-state index contributed by atoms with van der Waals surface area (Å²) >= 11 is 3.45. The van der Waals surface area contributed by atoms with Gasteiger partial charge in [0.25, 0.3) is 0 Å². The summed E-state index contributed by atoms with van der Waals surface area (Å²) in [7, 11) is 0. The first-order chi connectivity index (χ1) is 7.50. The van der Waals surface area contributed by atoms with Gasteiger partial charge >= 0.3 is 0 Å². The normalized spacial score (nSPS) is 10.8. The minimum Gasteiger partial charge on any atom is -0.294 e. The lowest BCUT2D eigenvalue weighted by molar-refractivity contribution is 0.0977. The number of ketones is 1. The summed E-state index contributed by atoms with van der Waals surface area (Å²) in [5, 5.41) is 0. The molecule has 0 saturated carbocycles. The molecular formula is C14H19BrO. The zero-order valence-electron chi connectivity index (χ0n) is 10.2. The van der Waals surface area contributed by atoms with Gasteiger partial charge in [0.1, 0.15) is 0 Å². The van der Waals surface area contributed by atoms with Crippen LogP contribution in [-0.4, -0.2) is 5.78 Å². The van der Waals surface area contributed by atoms with Crippen molar-refractivity contribution in [1.29, 1.82) is 0 Å². The molecule has 0 fully saturated rings. The zero-order chi connectivity index (χ0) is 12.1. The Morgan fingerprint density at radius 3 is 2.62 bits per heavy atom. The van der Waals surface area contributed by atoms with E-state index in [0.717, 1.165) is 22.9 Å². The Kier molecular flexibility index (Phi) is 5.20. The second kappa shape index (κ2) is 6.19. The minimum absolute atomic E-state index is 0.243. The van der Waals surface area contributed by atoms with Crippen LogP contribution >= 0.6 is 15.9 Å². The Morgan fingerprint density at radius 1 is 1.38 bits per heavy atom. The number of hydrogen-bond acceptors (Lipinski definition) is 1.